The molecule has 2 heterocycles. The standard InChI is InChI=1S/C21H15F3N4O/c1-29-16-10-7-14(8-11-16)6-9-15-12-13-25-28(15)20-19(21(22,23)24)26-17-4-2-3-5-18(17)27-20/h2-13H,1H3/b9-6+. The molecule has 0 aliphatic heterocycles. The zero-order valence-corrected chi connectivity index (χ0v) is 15.3. The number of fused-ring (bicyclic) bond motifs is 1. The van der Waals surface area contributed by atoms with Crippen molar-refractivity contribution < 1.29 is 17.9 Å². The molecule has 0 spiro atoms. The lowest BCUT2D eigenvalue weighted by Gasteiger charge is -2.13. The highest BCUT2D eigenvalue weighted by Gasteiger charge is 2.38. The Labute approximate surface area is 164 Å². The van der Waals surface area contributed by atoms with Crippen LogP contribution < -0.4 is 4.74 Å². The summed E-state index contributed by atoms with van der Waals surface area (Å²) >= 11 is 0. The van der Waals surface area contributed by atoms with Gasteiger partial charge >= 0.3 is 6.18 Å². The fourth-order valence-corrected chi connectivity index (χ4v) is 2.84. The first-order valence-corrected chi connectivity index (χ1v) is 8.66. The summed E-state index contributed by atoms with van der Waals surface area (Å²) in [7, 11) is 1.58. The molecule has 0 unspecified atom stereocenters. The first-order valence-electron chi connectivity index (χ1n) is 8.66. The Bertz CT molecular complexity index is 1180. The monoisotopic (exact) mass is 396 g/mol. The van der Waals surface area contributed by atoms with Gasteiger partial charge in [0.2, 0.25) is 0 Å². The normalized spacial score (nSPS) is 12.0. The van der Waals surface area contributed by atoms with Crippen molar-refractivity contribution in [2.75, 3.05) is 7.11 Å². The van der Waals surface area contributed by atoms with Crippen LogP contribution in [-0.2, 0) is 6.18 Å². The summed E-state index contributed by atoms with van der Waals surface area (Å²) in [6.45, 7) is 0. The van der Waals surface area contributed by atoms with Gasteiger partial charge in [0.1, 0.15) is 5.75 Å². The third-order valence-electron chi connectivity index (χ3n) is 4.26. The Kier molecular flexibility index (Phi) is 4.75. The van der Waals surface area contributed by atoms with Gasteiger partial charge in [-0.1, -0.05) is 30.3 Å². The van der Waals surface area contributed by atoms with E-state index in [1.54, 1.807) is 55.7 Å². The number of aromatic nitrogens is 4. The van der Waals surface area contributed by atoms with Crippen molar-refractivity contribution in [1.82, 2.24) is 19.7 Å². The van der Waals surface area contributed by atoms with Crippen molar-refractivity contribution in [1.29, 1.82) is 0 Å². The second-order valence-corrected chi connectivity index (χ2v) is 6.16. The summed E-state index contributed by atoms with van der Waals surface area (Å²) in [5.41, 5.74) is 0.747. The van der Waals surface area contributed by atoms with E-state index >= 15 is 0 Å². The van der Waals surface area contributed by atoms with E-state index in [4.69, 9.17) is 4.74 Å². The lowest BCUT2D eigenvalue weighted by Crippen LogP contribution is -2.16. The maximum Gasteiger partial charge on any atom is 0.437 e. The lowest BCUT2D eigenvalue weighted by atomic mass is 10.2. The molecule has 2 aromatic carbocycles. The quantitative estimate of drug-likeness (QED) is 0.486. The fourth-order valence-electron chi connectivity index (χ4n) is 2.84. The number of benzene rings is 2. The minimum Gasteiger partial charge on any atom is -0.497 e. The molecule has 0 fully saturated rings. The van der Waals surface area contributed by atoms with Gasteiger partial charge in [0.05, 0.1) is 30.0 Å². The molecule has 29 heavy (non-hydrogen) atoms. The van der Waals surface area contributed by atoms with Crippen LogP contribution in [0.25, 0.3) is 29.0 Å². The van der Waals surface area contributed by atoms with Crippen LogP contribution in [0.1, 0.15) is 17.0 Å². The molecule has 4 rings (SSSR count). The third kappa shape index (κ3) is 3.82. The number of nitrogens with zero attached hydrogens (tertiary/aromatic N) is 4. The van der Waals surface area contributed by atoms with E-state index in [2.05, 4.69) is 15.1 Å². The van der Waals surface area contributed by atoms with Gasteiger partial charge in [-0.3, -0.25) is 0 Å². The van der Waals surface area contributed by atoms with Crippen LogP contribution in [0.4, 0.5) is 13.2 Å². The zero-order chi connectivity index (χ0) is 20.4. The molecular weight excluding hydrogens is 381 g/mol. The summed E-state index contributed by atoms with van der Waals surface area (Å²) in [4.78, 5) is 7.98. The highest BCUT2D eigenvalue weighted by molar-refractivity contribution is 5.76. The number of halogens is 3. The van der Waals surface area contributed by atoms with Crippen LogP contribution in [0.15, 0.2) is 60.8 Å². The van der Waals surface area contributed by atoms with E-state index in [1.807, 2.05) is 12.1 Å². The smallest absolute Gasteiger partial charge is 0.437 e. The fraction of sp³-hybridized carbons (Fsp3) is 0.0952. The number of hydrogen-bond acceptors (Lipinski definition) is 4. The molecule has 0 radical (unpaired) electrons. The largest absolute Gasteiger partial charge is 0.497 e. The minimum atomic E-state index is -4.67. The maximum atomic E-state index is 13.6. The van der Waals surface area contributed by atoms with Crippen LogP contribution >= 0.6 is 0 Å². The predicted octanol–water partition coefficient (Wildman–Crippen LogP) is 5.01. The summed E-state index contributed by atoms with van der Waals surface area (Å²) in [5.74, 6) is 0.351. The molecule has 4 aromatic rings. The Morgan fingerprint density at radius 2 is 1.59 bits per heavy atom. The van der Waals surface area contributed by atoms with Crippen molar-refractivity contribution >= 4 is 23.2 Å². The second-order valence-electron chi connectivity index (χ2n) is 6.16. The minimum absolute atomic E-state index is 0.172. The van der Waals surface area contributed by atoms with Crippen molar-refractivity contribution in [3.63, 3.8) is 0 Å². The molecule has 0 saturated heterocycles. The molecule has 0 N–H and O–H groups in total. The summed E-state index contributed by atoms with van der Waals surface area (Å²) in [5, 5.41) is 4.05. The van der Waals surface area contributed by atoms with Gasteiger partial charge in [-0.25, -0.2) is 14.6 Å². The molecule has 2 aromatic heterocycles. The summed E-state index contributed by atoms with van der Waals surface area (Å²) < 4.78 is 47.2. The molecule has 0 atom stereocenters. The third-order valence-corrected chi connectivity index (χ3v) is 4.26. The van der Waals surface area contributed by atoms with E-state index in [1.165, 1.54) is 12.3 Å². The molecule has 0 bridgehead atoms. The number of para-hydroxylation sites is 2. The van der Waals surface area contributed by atoms with Crippen molar-refractivity contribution in [3.05, 3.63) is 77.7 Å². The highest BCUT2D eigenvalue weighted by atomic mass is 19.4. The average molecular weight is 396 g/mol. The van der Waals surface area contributed by atoms with Crippen molar-refractivity contribution in [2.45, 2.75) is 6.18 Å². The maximum absolute atomic E-state index is 13.6. The number of rotatable bonds is 4. The van der Waals surface area contributed by atoms with Crippen LogP contribution in [-0.4, -0.2) is 26.9 Å². The SMILES string of the molecule is COc1ccc(/C=C/c2ccnn2-c2nc3ccccc3nc2C(F)(F)F)cc1. The van der Waals surface area contributed by atoms with Crippen LogP contribution in [0.5, 0.6) is 5.75 Å². The van der Waals surface area contributed by atoms with Gasteiger partial charge in [0.25, 0.3) is 0 Å². The number of hydrogen-bond donors (Lipinski definition) is 0. The van der Waals surface area contributed by atoms with E-state index < -0.39 is 11.9 Å². The summed E-state index contributed by atoms with van der Waals surface area (Å²) in [6.07, 6.45) is 0.195. The zero-order valence-electron chi connectivity index (χ0n) is 15.3. The Balaban J connectivity index is 1.79. The average Bonchev–Trinajstić information content (AvgIpc) is 3.19. The van der Waals surface area contributed by atoms with Gasteiger partial charge in [0, 0.05) is 0 Å². The van der Waals surface area contributed by atoms with Gasteiger partial charge in [-0.2, -0.15) is 18.3 Å². The molecule has 146 valence electrons. The lowest BCUT2D eigenvalue weighted by molar-refractivity contribution is -0.141. The molecule has 0 aliphatic rings. The first kappa shape index (κ1) is 18.7. The Hall–Kier alpha value is -3.68. The van der Waals surface area contributed by atoms with E-state index in [0.29, 0.717) is 17.0 Å². The molecule has 8 heteroatoms. The van der Waals surface area contributed by atoms with Crippen molar-refractivity contribution in [3.8, 4) is 11.6 Å². The molecule has 5 nitrogen and oxygen atoms in total. The van der Waals surface area contributed by atoms with Gasteiger partial charge in [-0.05, 0) is 42.0 Å². The van der Waals surface area contributed by atoms with Gasteiger partial charge < -0.3 is 4.74 Å². The van der Waals surface area contributed by atoms with Crippen molar-refractivity contribution in [2.24, 2.45) is 0 Å². The van der Waals surface area contributed by atoms with E-state index in [0.717, 1.165) is 10.2 Å². The first-order chi connectivity index (χ1) is 14.0. The molecular formula is C21H15F3N4O. The molecule has 0 saturated carbocycles. The van der Waals surface area contributed by atoms with E-state index in [-0.39, 0.29) is 11.3 Å². The summed E-state index contributed by atoms with van der Waals surface area (Å²) in [6, 6.07) is 15.3. The Morgan fingerprint density at radius 3 is 2.24 bits per heavy atom. The number of methoxy groups -OCH3 is 1. The van der Waals surface area contributed by atoms with Crippen LogP contribution in [0.2, 0.25) is 0 Å². The second kappa shape index (κ2) is 7.38. The number of alkyl halides is 3. The predicted molar refractivity (Wildman–Crippen MR) is 104 cm³/mol. The Morgan fingerprint density at radius 1 is 0.897 bits per heavy atom. The van der Waals surface area contributed by atoms with Gasteiger partial charge in [-0.15, -0.1) is 0 Å². The molecule has 0 amide bonds. The van der Waals surface area contributed by atoms with Crippen LogP contribution in [0, 0.1) is 0 Å². The van der Waals surface area contributed by atoms with E-state index in [9.17, 15) is 13.2 Å². The molecule has 0 aliphatic carbocycles. The van der Waals surface area contributed by atoms with Gasteiger partial charge in [0.15, 0.2) is 11.5 Å². The number of ether oxygens (including phenoxy) is 1. The van der Waals surface area contributed by atoms with Crippen LogP contribution in [0.3, 0.4) is 0 Å². The highest BCUT2D eigenvalue weighted by Crippen LogP contribution is 2.33. The topological polar surface area (TPSA) is 52.8 Å².